The zero-order chi connectivity index (χ0) is 15.5. The molecule has 2 aromatic heterocycles. The maximum Gasteiger partial charge on any atom is 0.145 e. The quantitative estimate of drug-likeness (QED) is 0.866. The molecule has 1 fully saturated rings. The summed E-state index contributed by atoms with van der Waals surface area (Å²) >= 11 is 0. The van der Waals surface area contributed by atoms with Gasteiger partial charge in [-0.2, -0.15) is 0 Å². The Hall–Kier alpha value is -1.79. The molecular weight excluding hydrogens is 283 g/mol. The average Bonchev–Trinajstić information content (AvgIpc) is 2.83. The number of hydrogen-bond donors (Lipinski definition) is 0. The van der Waals surface area contributed by atoms with E-state index in [4.69, 9.17) is 4.52 Å². The number of piperazine rings is 1. The molecular formula is C16H21FN4O. The highest BCUT2D eigenvalue weighted by molar-refractivity contribution is 5.20. The van der Waals surface area contributed by atoms with Gasteiger partial charge in [-0.15, -0.1) is 0 Å². The predicted molar refractivity (Wildman–Crippen MR) is 80.7 cm³/mol. The number of pyridine rings is 1. The summed E-state index contributed by atoms with van der Waals surface area (Å²) in [5.41, 5.74) is 2.88. The van der Waals surface area contributed by atoms with E-state index < -0.39 is 0 Å². The second-order valence-corrected chi connectivity index (χ2v) is 5.82. The van der Waals surface area contributed by atoms with Crippen LogP contribution in [0.15, 0.2) is 23.0 Å². The number of halogens is 1. The third-order valence-electron chi connectivity index (χ3n) is 4.28. The van der Waals surface area contributed by atoms with Gasteiger partial charge >= 0.3 is 0 Å². The summed E-state index contributed by atoms with van der Waals surface area (Å²) < 4.78 is 18.9. The number of aromatic nitrogens is 2. The van der Waals surface area contributed by atoms with Gasteiger partial charge in [-0.25, -0.2) is 4.39 Å². The summed E-state index contributed by atoms with van der Waals surface area (Å²) in [6, 6.07) is 1.76. The fraction of sp³-hybridized carbons (Fsp3) is 0.500. The van der Waals surface area contributed by atoms with Crippen molar-refractivity contribution in [3.8, 4) is 0 Å². The van der Waals surface area contributed by atoms with Crippen molar-refractivity contribution < 1.29 is 8.91 Å². The molecule has 0 amide bonds. The van der Waals surface area contributed by atoms with Crippen LogP contribution in [0.25, 0.3) is 0 Å². The fourth-order valence-electron chi connectivity index (χ4n) is 2.83. The molecule has 1 aliphatic rings. The maximum absolute atomic E-state index is 13.6. The molecule has 0 radical (unpaired) electrons. The van der Waals surface area contributed by atoms with Crippen molar-refractivity contribution >= 4 is 0 Å². The third kappa shape index (κ3) is 3.34. The van der Waals surface area contributed by atoms with Gasteiger partial charge in [0.05, 0.1) is 11.9 Å². The number of nitrogens with zero attached hydrogens (tertiary/aromatic N) is 4. The molecule has 0 aromatic carbocycles. The minimum Gasteiger partial charge on any atom is -0.361 e. The first-order chi connectivity index (χ1) is 10.6. The van der Waals surface area contributed by atoms with E-state index in [1.807, 2.05) is 13.8 Å². The highest BCUT2D eigenvalue weighted by Crippen LogP contribution is 2.17. The minimum absolute atomic E-state index is 0.222. The van der Waals surface area contributed by atoms with Gasteiger partial charge in [0, 0.05) is 56.6 Å². The van der Waals surface area contributed by atoms with Crippen LogP contribution in [0.3, 0.4) is 0 Å². The number of hydrogen-bond acceptors (Lipinski definition) is 5. The van der Waals surface area contributed by atoms with E-state index in [9.17, 15) is 4.39 Å². The maximum atomic E-state index is 13.6. The first-order valence-electron chi connectivity index (χ1n) is 7.58. The van der Waals surface area contributed by atoms with Crippen LogP contribution in [-0.4, -0.2) is 46.1 Å². The zero-order valence-electron chi connectivity index (χ0n) is 13.0. The fourth-order valence-corrected chi connectivity index (χ4v) is 2.83. The molecule has 118 valence electrons. The van der Waals surface area contributed by atoms with Crippen LogP contribution in [0.2, 0.25) is 0 Å². The molecule has 0 atom stereocenters. The second kappa shape index (κ2) is 6.54. The van der Waals surface area contributed by atoms with Crippen LogP contribution in [-0.2, 0) is 13.1 Å². The minimum atomic E-state index is -0.222. The molecule has 0 N–H and O–H groups in total. The van der Waals surface area contributed by atoms with Crippen LogP contribution in [0.5, 0.6) is 0 Å². The predicted octanol–water partition coefficient (Wildman–Crippen LogP) is 2.14. The van der Waals surface area contributed by atoms with E-state index >= 15 is 0 Å². The Morgan fingerprint density at radius 1 is 1.14 bits per heavy atom. The van der Waals surface area contributed by atoms with Crippen molar-refractivity contribution in [2.24, 2.45) is 0 Å². The Labute approximate surface area is 129 Å². The molecule has 1 saturated heterocycles. The van der Waals surface area contributed by atoms with Gasteiger partial charge in [0.15, 0.2) is 0 Å². The van der Waals surface area contributed by atoms with E-state index in [1.165, 1.54) is 11.8 Å². The second-order valence-electron chi connectivity index (χ2n) is 5.82. The van der Waals surface area contributed by atoms with E-state index in [0.717, 1.165) is 44.2 Å². The van der Waals surface area contributed by atoms with Gasteiger partial charge in [-0.1, -0.05) is 5.16 Å². The highest BCUT2D eigenvalue weighted by atomic mass is 19.1. The van der Waals surface area contributed by atoms with Crippen molar-refractivity contribution in [3.63, 3.8) is 0 Å². The van der Waals surface area contributed by atoms with Crippen molar-refractivity contribution in [2.45, 2.75) is 26.9 Å². The topological polar surface area (TPSA) is 45.4 Å². The lowest BCUT2D eigenvalue weighted by molar-refractivity contribution is 0.120. The number of rotatable bonds is 4. The average molecular weight is 304 g/mol. The summed E-state index contributed by atoms with van der Waals surface area (Å²) in [6.45, 7) is 9.27. The smallest absolute Gasteiger partial charge is 0.145 e. The Balaban J connectivity index is 1.53. The van der Waals surface area contributed by atoms with Crippen molar-refractivity contribution in [2.75, 3.05) is 26.2 Å². The number of aryl methyl sites for hydroxylation is 2. The monoisotopic (exact) mass is 304 g/mol. The lowest BCUT2D eigenvalue weighted by Gasteiger charge is -2.34. The van der Waals surface area contributed by atoms with Crippen LogP contribution in [0.1, 0.15) is 22.6 Å². The summed E-state index contributed by atoms with van der Waals surface area (Å²) in [7, 11) is 0. The molecule has 5 nitrogen and oxygen atoms in total. The van der Waals surface area contributed by atoms with Crippen LogP contribution in [0, 0.1) is 19.7 Å². The lowest BCUT2D eigenvalue weighted by Crippen LogP contribution is -2.45. The molecule has 3 heterocycles. The van der Waals surface area contributed by atoms with E-state index in [0.29, 0.717) is 12.1 Å². The largest absolute Gasteiger partial charge is 0.361 e. The molecule has 1 aliphatic heterocycles. The van der Waals surface area contributed by atoms with Gasteiger partial charge in [0.25, 0.3) is 0 Å². The third-order valence-corrected chi connectivity index (χ3v) is 4.28. The lowest BCUT2D eigenvalue weighted by atomic mass is 10.1. The SMILES string of the molecule is Cc1noc(C)c1CN1CCN(Cc2ccncc2F)CC1. The highest BCUT2D eigenvalue weighted by Gasteiger charge is 2.20. The summed E-state index contributed by atoms with van der Waals surface area (Å²) in [4.78, 5) is 8.47. The Bertz CT molecular complexity index is 615. The zero-order valence-corrected chi connectivity index (χ0v) is 13.0. The molecule has 0 saturated carbocycles. The first-order valence-corrected chi connectivity index (χ1v) is 7.58. The van der Waals surface area contributed by atoms with Gasteiger partial charge in [0.2, 0.25) is 0 Å². The molecule has 0 spiro atoms. The molecule has 0 unspecified atom stereocenters. The van der Waals surface area contributed by atoms with Gasteiger partial charge in [-0.3, -0.25) is 14.8 Å². The van der Waals surface area contributed by atoms with E-state index in [2.05, 4.69) is 19.9 Å². The molecule has 22 heavy (non-hydrogen) atoms. The molecule has 0 bridgehead atoms. The van der Waals surface area contributed by atoms with Gasteiger partial charge in [0.1, 0.15) is 11.6 Å². The first kappa shape index (κ1) is 15.1. The standard InChI is InChI=1S/C16H21FN4O/c1-12-15(13(2)22-19-12)11-21-7-5-20(6-8-21)10-14-3-4-18-9-16(14)17/h3-4,9H,5-8,10-11H2,1-2H3. The summed E-state index contributed by atoms with van der Waals surface area (Å²) in [5, 5.41) is 4.00. The van der Waals surface area contributed by atoms with Crippen molar-refractivity contribution in [1.29, 1.82) is 0 Å². The van der Waals surface area contributed by atoms with E-state index in [1.54, 1.807) is 12.3 Å². The van der Waals surface area contributed by atoms with Crippen LogP contribution >= 0.6 is 0 Å². The Kier molecular flexibility index (Phi) is 4.49. The van der Waals surface area contributed by atoms with Gasteiger partial charge < -0.3 is 4.52 Å². The Morgan fingerprint density at radius 3 is 2.41 bits per heavy atom. The van der Waals surface area contributed by atoms with Crippen LogP contribution in [0.4, 0.5) is 4.39 Å². The van der Waals surface area contributed by atoms with Crippen molar-refractivity contribution in [3.05, 3.63) is 46.9 Å². The normalized spacial score (nSPS) is 17.0. The molecule has 2 aromatic rings. The van der Waals surface area contributed by atoms with E-state index in [-0.39, 0.29) is 5.82 Å². The summed E-state index contributed by atoms with van der Waals surface area (Å²) in [5.74, 6) is 0.680. The Morgan fingerprint density at radius 2 is 1.82 bits per heavy atom. The molecule has 6 heteroatoms. The molecule has 3 rings (SSSR count). The summed E-state index contributed by atoms with van der Waals surface area (Å²) in [6.07, 6.45) is 2.93. The van der Waals surface area contributed by atoms with Crippen molar-refractivity contribution in [1.82, 2.24) is 19.9 Å². The van der Waals surface area contributed by atoms with Crippen LogP contribution < -0.4 is 0 Å². The molecule has 0 aliphatic carbocycles. The van der Waals surface area contributed by atoms with Gasteiger partial charge in [-0.05, 0) is 19.9 Å².